The van der Waals surface area contributed by atoms with E-state index >= 15 is 0 Å². The second kappa shape index (κ2) is 8.86. The number of hydrogen-bond acceptors (Lipinski definition) is 4. The van der Waals surface area contributed by atoms with Crippen molar-refractivity contribution < 1.29 is 0 Å². The highest BCUT2D eigenvalue weighted by molar-refractivity contribution is 4.79. The second-order valence-electron chi connectivity index (χ2n) is 5.71. The molecule has 1 heterocycles. The molecule has 4 nitrogen and oxygen atoms in total. The third kappa shape index (κ3) is 5.65. The Balaban J connectivity index is 2.24. The summed E-state index contributed by atoms with van der Waals surface area (Å²) in [4.78, 5) is 7.43. The van der Waals surface area contributed by atoms with Crippen LogP contribution in [0.4, 0.5) is 0 Å². The van der Waals surface area contributed by atoms with E-state index in [1.54, 1.807) is 0 Å². The Hall–Kier alpha value is -0.160. The predicted molar refractivity (Wildman–Crippen MR) is 78.9 cm³/mol. The van der Waals surface area contributed by atoms with Gasteiger partial charge in [-0.2, -0.15) is 0 Å². The molecule has 1 atom stereocenters. The van der Waals surface area contributed by atoms with Crippen LogP contribution < -0.4 is 5.73 Å². The predicted octanol–water partition coefficient (Wildman–Crippen LogP) is 0.683. The van der Waals surface area contributed by atoms with Crippen LogP contribution in [0.3, 0.4) is 0 Å². The van der Waals surface area contributed by atoms with Crippen molar-refractivity contribution in [3.63, 3.8) is 0 Å². The van der Waals surface area contributed by atoms with Crippen molar-refractivity contribution in [2.75, 3.05) is 59.9 Å². The van der Waals surface area contributed by atoms with Crippen molar-refractivity contribution in [2.45, 2.75) is 32.2 Å². The molecule has 1 saturated heterocycles. The Morgan fingerprint density at radius 3 is 2.33 bits per heavy atom. The van der Waals surface area contributed by atoms with Gasteiger partial charge in [0.15, 0.2) is 0 Å². The molecule has 0 aromatic carbocycles. The topological polar surface area (TPSA) is 35.7 Å². The average molecular weight is 256 g/mol. The lowest BCUT2D eigenvalue weighted by molar-refractivity contribution is 0.0899. The molecule has 1 aliphatic rings. The molecule has 0 spiro atoms. The lowest BCUT2D eigenvalue weighted by Crippen LogP contribution is -2.53. The highest BCUT2D eigenvalue weighted by Gasteiger charge is 2.22. The summed E-state index contributed by atoms with van der Waals surface area (Å²) in [6.45, 7) is 10.2. The molecular weight excluding hydrogens is 224 g/mol. The first kappa shape index (κ1) is 15.9. The number of nitrogens with zero attached hydrogens (tertiary/aromatic N) is 3. The van der Waals surface area contributed by atoms with Gasteiger partial charge in [0.1, 0.15) is 0 Å². The van der Waals surface area contributed by atoms with Crippen LogP contribution in [-0.4, -0.2) is 80.7 Å². The third-order valence-electron chi connectivity index (χ3n) is 3.95. The van der Waals surface area contributed by atoms with Crippen LogP contribution in [-0.2, 0) is 0 Å². The standard InChI is InChI=1S/C14H32N4/c1-4-5-6-14(13-15)18-11-9-17(10-12-18)8-7-16(2)3/h14H,4-13,15H2,1-3H3. The van der Waals surface area contributed by atoms with Crippen molar-refractivity contribution in [3.05, 3.63) is 0 Å². The molecule has 4 heteroatoms. The molecule has 1 unspecified atom stereocenters. The molecule has 0 radical (unpaired) electrons. The molecule has 0 saturated carbocycles. The zero-order valence-corrected chi connectivity index (χ0v) is 12.6. The first-order valence-corrected chi connectivity index (χ1v) is 7.48. The fourth-order valence-corrected chi connectivity index (χ4v) is 2.58. The Morgan fingerprint density at radius 2 is 1.83 bits per heavy atom. The van der Waals surface area contributed by atoms with Gasteiger partial charge < -0.3 is 10.6 Å². The van der Waals surface area contributed by atoms with Crippen LogP contribution in [0.5, 0.6) is 0 Å². The van der Waals surface area contributed by atoms with Gasteiger partial charge in [0.2, 0.25) is 0 Å². The average Bonchev–Trinajstić information content (AvgIpc) is 2.38. The molecule has 2 N–H and O–H groups in total. The Morgan fingerprint density at radius 1 is 1.17 bits per heavy atom. The molecular formula is C14H32N4. The van der Waals surface area contributed by atoms with Gasteiger partial charge in [0, 0.05) is 51.9 Å². The number of nitrogens with two attached hydrogens (primary N) is 1. The first-order valence-electron chi connectivity index (χ1n) is 7.48. The van der Waals surface area contributed by atoms with Crippen LogP contribution in [0.25, 0.3) is 0 Å². The monoisotopic (exact) mass is 256 g/mol. The number of likely N-dealkylation sites (N-methyl/N-ethyl adjacent to an activating group) is 1. The zero-order chi connectivity index (χ0) is 13.4. The van der Waals surface area contributed by atoms with Gasteiger partial charge in [-0.3, -0.25) is 9.80 Å². The van der Waals surface area contributed by atoms with Crippen LogP contribution in [0.1, 0.15) is 26.2 Å². The van der Waals surface area contributed by atoms with Crippen molar-refractivity contribution in [2.24, 2.45) is 5.73 Å². The molecule has 0 amide bonds. The Bertz CT molecular complexity index is 200. The summed E-state index contributed by atoms with van der Waals surface area (Å²) in [5.74, 6) is 0. The summed E-state index contributed by atoms with van der Waals surface area (Å²) in [6, 6.07) is 0.612. The van der Waals surface area contributed by atoms with Gasteiger partial charge in [0.25, 0.3) is 0 Å². The molecule has 0 bridgehead atoms. The largest absolute Gasteiger partial charge is 0.329 e. The normalized spacial score (nSPS) is 20.5. The van der Waals surface area contributed by atoms with Crippen molar-refractivity contribution in [1.29, 1.82) is 0 Å². The summed E-state index contributed by atoms with van der Waals surface area (Å²) in [5.41, 5.74) is 5.92. The maximum absolute atomic E-state index is 5.92. The number of hydrogen-bond donors (Lipinski definition) is 1. The van der Waals surface area contributed by atoms with Crippen LogP contribution >= 0.6 is 0 Å². The van der Waals surface area contributed by atoms with E-state index in [1.165, 1.54) is 52.0 Å². The summed E-state index contributed by atoms with van der Waals surface area (Å²) in [7, 11) is 4.29. The van der Waals surface area contributed by atoms with Gasteiger partial charge >= 0.3 is 0 Å². The van der Waals surface area contributed by atoms with Gasteiger partial charge in [0.05, 0.1) is 0 Å². The van der Waals surface area contributed by atoms with E-state index < -0.39 is 0 Å². The van der Waals surface area contributed by atoms with E-state index in [0.717, 1.165) is 13.1 Å². The molecule has 1 rings (SSSR count). The van der Waals surface area contributed by atoms with Crippen molar-refractivity contribution in [3.8, 4) is 0 Å². The summed E-state index contributed by atoms with van der Waals surface area (Å²) in [5, 5.41) is 0. The lowest BCUT2D eigenvalue weighted by Gasteiger charge is -2.39. The van der Waals surface area contributed by atoms with Crippen LogP contribution in [0.15, 0.2) is 0 Å². The molecule has 0 aliphatic carbocycles. The second-order valence-corrected chi connectivity index (χ2v) is 5.71. The molecule has 1 aliphatic heterocycles. The van der Waals surface area contributed by atoms with E-state index in [1.807, 2.05) is 0 Å². The van der Waals surface area contributed by atoms with Crippen LogP contribution in [0, 0.1) is 0 Å². The molecule has 18 heavy (non-hydrogen) atoms. The van der Waals surface area contributed by atoms with E-state index in [4.69, 9.17) is 5.73 Å². The van der Waals surface area contributed by atoms with Gasteiger partial charge in [-0.25, -0.2) is 0 Å². The molecule has 0 aromatic rings. The summed E-state index contributed by atoms with van der Waals surface area (Å²) in [6.07, 6.45) is 3.85. The highest BCUT2D eigenvalue weighted by Crippen LogP contribution is 2.11. The summed E-state index contributed by atoms with van der Waals surface area (Å²) < 4.78 is 0. The van der Waals surface area contributed by atoms with Gasteiger partial charge in [-0.1, -0.05) is 19.8 Å². The van der Waals surface area contributed by atoms with E-state index in [-0.39, 0.29) is 0 Å². The Kier molecular flexibility index (Phi) is 7.82. The van der Waals surface area contributed by atoms with E-state index in [2.05, 4.69) is 35.7 Å². The van der Waals surface area contributed by atoms with Gasteiger partial charge in [-0.15, -0.1) is 0 Å². The molecule has 1 fully saturated rings. The molecule has 0 aromatic heterocycles. The van der Waals surface area contributed by atoms with E-state index in [9.17, 15) is 0 Å². The fourth-order valence-electron chi connectivity index (χ4n) is 2.58. The number of unbranched alkanes of at least 4 members (excludes halogenated alkanes) is 1. The first-order chi connectivity index (χ1) is 8.67. The molecule has 108 valence electrons. The lowest BCUT2D eigenvalue weighted by atomic mass is 10.1. The minimum absolute atomic E-state index is 0.612. The van der Waals surface area contributed by atoms with E-state index in [0.29, 0.717) is 6.04 Å². The SMILES string of the molecule is CCCCC(CN)N1CCN(CCN(C)C)CC1. The van der Waals surface area contributed by atoms with Crippen molar-refractivity contribution in [1.82, 2.24) is 14.7 Å². The minimum atomic E-state index is 0.612. The highest BCUT2D eigenvalue weighted by atomic mass is 15.3. The maximum atomic E-state index is 5.92. The fraction of sp³-hybridized carbons (Fsp3) is 1.00. The Labute approximate surface area is 113 Å². The maximum Gasteiger partial charge on any atom is 0.0219 e. The smallest absolute Gasteiger partial charge is 0.0219 e. The third-order valence-corrected chi connectivity index (χ3v) is 3.95. The number of rotatable bonds is 8. The van der Waals surface area contributed by atoms with Gasteiger partial charge in [-0.05, 0) is 20.5 Å². The van der Waals surface area contributed by atoms with Crippen molar-refractivity contribution >= 4 is 0 Å². The summed E-state index contributed by atoms with van der Waals surface area (Å²) >= 11 is 0. The minimum Gasteiger partial charge on any atom is -0.329 e. The van der Waals surface area contributed by atoms with Crippen LogP contribution in [0.2, 0.25) is 0 Å². The quantitative estimate of drug-likeness (QED) is 0.693. The number of piperazine rings is 1. The zero-order valence-electron chi connectivity index (χ0n) is 12.6.